The lowest BCUT2D eigenvalue weighted by molar-refractivity contribution is -0.137. The molecule has 2 aromatic carbocycles. The number of benzene rings is 2. The lowest BCUT2D eigenvalue weighted by atomic mass is 10.1. The maximum absolute atomic E-state index is 13.1. The fourth-order valence-electron chi connectivity index (χ4n) is 2.55. The highest BCUT2D eigenvalue weighted by Crippen LogP contribution is 2.49. The molecule has 0 unspecified atom stereocenters. The van der Waals surface area contributed by atoms with Crippen LogP contribution in [0.2, 0.25) is 0 Å². The third-order valence-electron chi connectivity index (χ3n) is 3.72. The van der Waals surface area contributed by atoms with Gasteiger partial charge in [0.15, 0.2) is 0 Å². The zero-order valence-corrected chi connectivity index (χ0v) is 13.7. The van der Waals surface area contributed by atoms with Crippen molar-refractivity contribution in [3.63, 3.8) is 0 Å². The van der Waals surface area contributed by atoms with Crippen molar-refractivity contribution in [3.05, 3.63) is 48.0 Å². The van der Waals surface area contributed by atoms with E-state index in [9.17, 15) is 13.2 Å². The first-order valence-electron chi connectivity index (χ1n) is 7.26. The summed E-state index contributed by atoms with van der Waals surface area (Å²) in [4.78, 5) is 5.93. The molecule has 0 fully saturated rings. The van der Waals surface area contributed by atoms with E-state index in [4.69, 9.17) is 0 Å². The Hall–Kier alpha value is -1.66. The zero-order valence-electron chi connectivity index (χ0n) is 12.9. The first-order valence-corrected chi connectivity index (χ1v) is 8.08. The lowest BCUT2D eigenvalue weighted by Gasteiger charge is -2.34. The van der Waals surface area contributed by atoms with E-state index in [-0.39, 0.29) is 0 Å². The van der Waals surface area contributed by atoms with Gasteiger partial charge in [-0.25, -0.2) is 0 Å². The van der Waals surface area contributed by atoms with Gasteiger partial charge in [-0.05, 0) is 44.4 Å². The molecule has 0 amide bonds. The second-order valence-corrected chi connectivity index (χ2v) is 6.79. The average Bonchev–Trinajstić information content (AvgIpc) is 2.49. The van der Waals surface area contributed by atoms with Crippen LogP contribution in [0.4, 0.5) is 24.5 Å². The molecule has 2 aromatic rings. The summed E-state index contributed by atoms with van der Waals surface area (Å²) >= 11 is 1.52. The Morgan fingerprint density at radius 1 is 1.00 bits per heavy atom. The van der Waals surface area contributed by atoms with Crippen LogP contribution in [0.3, 0.4) is 0 Å². The molecule has 1 aliphatic rings. The number of hydrogen-bond donors (Lipinski definition) is 0. The Balaban J connectivity index is 2.06. The van der Waals surface area contributed by atoms with Crippen molar-refractivity contribution in [1.29, 1.82) is 0 Å². The van der Waals surface area contributed by atoms with Crippen LogP contribution in [0.25, 0.3) is 0 Å². The summed E-state index contributed by atoms with van der Waals surface area (Å²) in [7, 11) is 3.91. The summed E-state index contributed by atoms with van der Waals surface area (Å²) in [5.41, 5.74) is 0.989. The van der Waals surface area contributed by atoms with Gasteiger partial charge in [0.05, 0.1) is 16.9 Å². The van der Waals surface area contributed by atoms with Gasteiger partial charge < -0.3 is 9.80 Å². The number of rotatable bonds is 3. The van der Waals surface area contributed by atoms with Crippen molar-refractivity contribution in [2.45, 2.75) is 16.0 Å². The van der Waals surface area contributed by atoms with Gasteiger partial charge in [-0.2, -0.15) is 13.2 Å². The summed E-state index contributed by atoms with van der Waals surface area (Å²) in [6.45, 7) is 1.40. The average molecular weight is 338 g/mol. The maximum Gasteiger partial charge on any atom is 0.416 e. The van der Waals surface area contributed by atoms with E-state index in [0.29, 0.717) is 12.2 Å². The van der Waals surface area contributed by atoms with Crippen LogP contribution in [-0.4, -0.2) is 32.1 Å². The monoisotopic (exact) mass is 338 g/mol. The fourth-order valence-corrected chi connectivity index (χ4v) is 3.62. The van der Waals surface area contributed by atoms with Gasteiger partial charge >= 0.3 is 6.18 Å². The van der Waals surface area contributed by atoms with E-state index in [0.717, 1.165) is 28.1 Å². The minimum atomic E-state index is -4.33. The fraction of sp³-hybridized carbons (Fsp3) is 0.294. The van der Waals surface area contributed by atoms with Crippen molar-refractivity contribution in [2.24, 2.45) is 0 Å². The third-order valence-corrected chi connectivity index (χ3v) is 4.85. The molecule has 23 heavy (non-hydrogen) atoms. The molecule has 1 aliphatic heterocycles. The Morgan fingerprint density at radius 2 is 1.70 bits per heavy atom. The topological polar surface area (TPSA) is 6.48 Å². The van der Waals surface area contributed by atoms with Crippen LogP contribution in [0.15, 0.2) is 52.3 Å². The van der Waals surface area contributed by atoms with Crippen molar-refractivity contribution >= 4 is 23.1 Å². The van der Waals surface area contributed by atoms with Gasteiger partial charge in [0.2, 0.25) is 0 Å². The van der Waals surface area contributed by atoms with Gasteiger partial charge in [-0.1, -0.05) is 23.9 Å². The number of fused-ring (bicyclic) bond motifs is 2. The molecule has 122 valence electrons. The second kappa shape index (κ2) is 6.09. The molecule has 0 bridgehead atoms. The molecule has 0 saturated carbocycles. The highest BCUT2D eigenvalue weighted by atomic mass is 32.2. The predicted molar refractivity (Wildman–Crippen MR) is 87.6 cm³/mol. The van der Waals surface area contributed by atoms with Crippen LogP contribution in [0, 0.1) is 0 Å². The standard InChI is InChI=1S/C17H17F3N2S/c1-21(2)9-10-22-13-5-3-4-6-15(13)23-16-8-7-12(11-14(16)22)17(18,19)20/h3-8,11H,9-10H2,1-2H3. The van der Waals surface area contributed by atoms with Crippen LogP contribution >= 0.6 is 11.8 Å². The molecule has 3 rings (SSSR count). The smallest absolute Gasteiger partial charge is 0.338 e. The van der Waals surface area contributed by atoms with E-state index >= 15 is 0 Å². The summed E-state index contributed by atoms with van der Waals surface area (Å²) < 4.78 is 39.2. The van der Waals surface area contributed by atoms with Crippen molar-refractivity contribution in [2.75, 3.05) is 32.1 Å². The third kappa shape index (κ3) is 3.33. The number of nitrogens with zero attached hydrogens (tertiary/aromatic N) is 2. The summed E-state index contributed by atoms with van der Waals surface area (Å²) in [5.74, 6) is 0. The maximum atomic E-state index is 13.1. The Bertz CT molecular complexity index is 713. The number of halogens is 3. The van der Waals surface area contributed by atoms with Gasteiger partial charge in [0.25, 0.3) is 0 Å². The normalized spacial score (nSPS) is 13.9. The lowest BCUT2D eigenvalue weighted by Crippen LogP contribution is -2.30. The molecule has 0 atom stereocenters. The van der Waals surface area contributed by atoms with Crippen LogP contribution in [0.1, 0.15) is 5.56 Å². The molecule has 1 heterocycles. The van der Waals surface area contributed by atoms with E-state index in [2.05, 4.69) is 0 Å². The van der Waals surface area contributed by atoms with Gasteiger partial charge in [-0.15, -0.1) is 0 Å². The van der Waals surface area contributed by atoms with E-state index in [1.54, 1.807) is 6.07 Å². The Kier molecular flexibility index (Phi) is 4.29. The molecule has 0 aliphatic carbocycles. The summed E-state index contributed by atoms with van der Waals surface area (Å²) in [5, 5.41) is 0. The molecule has 2 nitrogen and oxygen atoms in total. The number of alkyl halides is 3. The first-order chi connectivity index (χ1) is 10.9. The number of likely N-dealkylation sites (N-methyl/N-ethyl adjacent to an activating group) is 1. The van der Waals surface area contributed by atoms with Crippen LogP contribution in [-0.2, 0) is 6.18 Å². The number of anilines is 2. The van der Waals surface area contributed by atoms with Gasteiger partial charge in [0.1, 0.15) is 0 Å². The molecule has 6 heteroatoms. The molecule has 0 aromatic heterocycles. The predicted octanol–water partition coefficient (Wildman–Crippen LogP) is 4.87. The van der Waals surface area contributed by atoms with E-state index < -0.39 is 11.7 Å². The zero-order chi connectivity index (χ0) is 16.6. The van der Waals surface area contributed by atoms with Crippen molar-refractivity contribution in [3.8, 4) is 0 Å². The minimum absolute atomic E-state index is 0.605. The number of hydrogen-bond acceptors (Lipinski definition) is 3. The second-order valence-electron chi connectivity index (χ2n) is 5.70. The molecule has 0 saturated heterocycles. The van der Waals surface area contributed by atoms with Crippen molar-refractivity contribution < 1.29 is 13.2 Å². The van der Waals surface area contributed by atoms with Gasteiger partial charge in [-0.3, -0.25) is 0 Å². The van der Waals surface area contributed by atoms with Gasteiger partial charge in [0, 0.05) is 22.9 Å². The first kappa shape index (κ1) is 16.2. The SMILES string of the molecule is CN(C)CCN1c2ccccc2Sc2ccc(C(F)(F)F)cc21. The minimum Gasteiger partial charge on any atom is -0.338 e. The Labute approximate surface area is 137 Å². The quantitative estimate of drug-likeness (QED) is 0.788. The molecular weight excluding hydrogens is 321 g/mol. The highest BCUT2D eigenvalue weighted by Gasteiger charge is 2.33. The summed E-state index contributed by atoms with van der Waals surface area (Å²) in [6, 6.07) is 11.8. The largest absolute Gasteiger partial charge is 0.416 e. The van der Waals surface area contributed by atoms with E-state index in [1.807, 2.05) is 48.2 Å². The molecular formula is C17H17F3N2S. The number of para-hydroxylation sites is 1. The highest BCUT2D eigenvalue weighted by molar-refractivity contribution is 7.99. The van der Waals surface area contributed by atoms with Crippen LogP contribution in [0.5, 0.6) is 0 Å². The van der Waals surface area contributed by atoms with E-state index in [1.165, 1.54) is 17.8 Å². The van der Waals surface area contributed by atoms with Crippen LogP contribution < -0.4 is 4.90 Å². The molecule has 0 radical (unpaired) electrons. The molecule has 0 spiro atoms. The summed E-state index contributed by atoms with van der Waals surface area (Å²) in [6.07, 6.45) is -4.33. The Morgan fingerprint density at radius 3 is 2.39 bits per heavy atom. The van der Waals surface area contributed by atoms with Crippen molar-refractivity contribution in [1.82, 2.24) is 4.90 Å². The molecule has 0 N–H and O–H groups in total.